The van der Waals surface area contributed by atoms with E-state index in [1.165, 1.54) is 12.1 Å². The minimum atomic E-state index is -4.40. The molecule has 1 aromatic heterocycles. The van der Waals surface area contributed by atoms with Gasteiger partial charge < -0.3 is 10.4 Å². The first-order chi connectivity index (χ1) is 11.6. The maximum absolute atomic E-state index is 12.7. The molecule has 0 saturated carbocycles. The van der Waals surface area contributed by atoms with Gasteiger partial charge in [0.15, 0.2) is 0 Å². The van der Waals surface area contributed by atoms with Gasteiger partial charge in [-0.1, -0.05) is 37.6 Å². The molecule has 1 heterocycles. The molecule has 0 aliphatic carbocycles. The smallest absolute Gasteiger partial charge is 0.392 e. The number of hydrogen-bond acceptors (Lipinski definition) is 4. The van der Waals surface area contributed by atoms with E-state index in [0.29, 0.717) is 22.9 Å². The third-order valence-electron chi connectivity index (χ3n) is 3.44. The molecule has 0 bridgehead atoms. The summed E-state index contributed by atoms with van der Waals surface area (Å²) in [5, 5.41) is 12.6. The molecule has 0 saturated heterocycles. The Morgan fingerprint density at radius 1 is 1.12 bits per heavy atom. The standard InChI is InChI=1S/C17H19ClF3N3O/c1-9(2)15-23-14(13(18)16(24-15)22-8-10(3)25)11-4-6-12(7-5-11)17(19,20)21/h4-7,9-10,25H,8H2,1-3H3,(H,22,23,24). The fraction of sp³-hybridized carbons (Fsp3) is 0.412. The first-order valence-corrected chi connectivity index (χ1v) is 8.14. The number of rotatable bonds is 5. The van der Waals surface area contributed by atoms with Gasteiger partial charge in [0.05, 0.1) is 17.4 Å². The quantitative estimate of drug-likeness (QED) is 0.795. The summed E-state index contributed by atoms with van der Waals surface area (Å²) in [4.78, 5) is 8.74. The highest BCUT2D eigenvalue weighted by Crippen LogP contribution is 2.35. The molecule has 136 valence electrons. The lowest BCUT2D eigenvalue weighted by molar-refractivity contribution is -0.137. The molecule has 2 rings (SSSR count). The first kappa shape index (κ1) is 19.5. The molecular formula is C17H19ClF3N3O. The van der Waals surface area contributed by atoms with E-state index in [2.05, 4.69) is 15.3 Å². The average molecular weight is 374 g/mol. The van der Waals surface area contributed by atoms with Crippen molar-refractivity contribution in [2.24, 2.45) is 0 Å². The van der Waals surface area contributed by atoms with Crippen LogP contribution in [-0.4, -0.2) is 27.7 Å². The van der Waals surface area contributed by atoms with E-state index in [1.54, 1.807) is 6.92 Å². The lowest BCUT2D eigenvalue weighted by Crippen LogP contribution is -2.17. The number of aliphatic hydroxyl groups excluding tert-OH is 1. The van der Waals surface area contributed by atoms with Crippen molar-refractivity contribution in [3.63, 3.8) is 0 Å². The largest absolute Gasteiger partial charge is 0.416 e. The molecular weight excluding hydrogens is 355 g/mol. The number of anilines is 1. The van der Waals surface area contributed by atoms with Gasteiger partial charge in [-0.25, -0.2) is 9.97 Å². The molecule has 8 heteroatoms. The van der Waals surface area contributed by atoms with Crippen molar-refractivity contribution < 1.29 is 18.3 Å². The van der Waals surface area contributed by atoms with Crippen molar-refractivity contribution in [1.82, 2.24) is 9.97 Å². The second kappa shape index (κ2) is 7.58. The van der Waals surface area contributed by atoms with Gasteiger partial charge in [0, 0.05) is 18.0 Å². The summed E-state index contributed by atoms with van der Waals surface area (Å²) in [6.07, 6.45) is -5.01. The normalized spacial score (nSPS) is 13.2. The van der Waals surface area contributed by atoms with E-state index in [-0.39, 0.29) is 17.5 Å². The summed E-state index contributed by atoms with van der Waals surface area (Å²) in [6, 6.07) is 4.65. The highest BCUT2D eigenvalue weighted by molar-refractivity contribution is 6.35. The molecule has 2 N–H and O–H groups in total. The van der Waals surface area contributed by atoms with Crippen molar-refractivity contribution in [2.45, 2.75) is 39.0 Å². The third kappa shape index (κ3) is 4.83. The Labute approximate surface area is 149 Å². The van der Waals surface area contributed by atoms with Crippen LogP contribution in [-0.2, 0) is 6.18 Å². The second-order valence-corrected chi connectivity index (χ2v) is 6.43. The summed E-state index contributed by atoms with van der Waals surface area (Å²) in [5.74, 6) is 0.848. The SMILES string of the molecule is CC(O)CNc1nc(C(C)C)nc(-c2ccc(C(F)(F)F)cc2)c1Cl. The first-order valence-electron chi connectivity index (χ1n) is 7.76. The Hall–Kier alpha value is -1.86. The van der Waals surface area contributed by atoms with Crippen LogP contribution < -0.4 is 5.32 Å². The number of hydrogen-bond donors (Lipinski definition) is 2. The van der Waals surface area contributed by atoms with Crippen LogP contribution in [0.15, 0.2) is 24.3 Å². The van der Waals surface area contributed by atoms with Gasteiger partial charge in [-0.3, -0.25) is 0 Å². The summed E-state index contributed by atoms with van der Waals surface area (Å²) in [6.45, 7) is 5.65. The molecule has 0 fully saturated rings. The summed E-state index contributed by atoms with van der Waals surface area (Å²) in [5.41, 5.74) is 0.0718. The van der Waals surface area contributed by atoms with Crippen LogP contribution in [0.1, 0.15) is 38.1 Å². The van der Waals surface area contributed by atoms with Gasteiger partial charge in [-0.2, -0.15) is 13.2 Å². The molecule has 1 atom stereocenters. The van der Waals surface area contributed by atoms with Crippen LogP contribution in [0.2, 0.25) is 5.02 Å². The zero-order chi connectivity index (χ0) is 18.8. The Kier molecular flexibility index (Phi) is 5.90. The Morgan fingerprint density at radius 3 is 2.20 bits per heavy atom. The summed E-state index contributed by atoms with van der Waals surface area (Å²) >= 11 is 6.34. The molecule has 0 aliphatic rings. The van der Waals surface area contributed by atoms with Crippen LogP contribution >= 0.6 is 11.6 Å². The van der Waals surface area contributed by atoms with Gasteiger partial charge in [0.2, 0.25) is 0 Å². The van der Waals surface area contributed by atoms with E-state index in [1.807, 2.05) is 13.8 Å². The minimum absolute atomic E-state index is 0.00225. The fourth-order valence-corrected chi connectivity index (χ4v) is 2.35. The van der Waals surface area contributed by atoms with E-state index >= 15 is 0 Å². The van der Waals surface area contributed by atoms with Gasteiger partial charge in [-0.15, -0.1) is 0 Å². The number of nitrogens with zero attached hydrogens (tertiary/aromatic N) is 2. The van der Waals surface area contributed by atoms with Gasteiger partial charge >= 0.3 is 6.18 Å². The highest BCUT2D eigenvalue weighted by Gasteiger charge is 2.30. The summed E-state index contributed by atoms with van der Waals surface area (Å²) < 4.78 is 38.2. The molecule has 25 heavy (non-hydrogen) atoms. The molecule has 1 aromatic carbocycles. The molecule has 2 aromatic rings. The highest BCUT2D eigenvalue weighted by atomic mass is 35.5. The monoisotopic (exact) mass is 373 g/mol. The molecule has 1 unspecified atom stereocenters. The number of nitrogens with one attached hydrogen (secondary N) is 1. The minimum Gasteiger partial charge on any atom is -0.392 e. The van der Waals surface area contributed by atoms with E-state index in [0.717, 1.165) is 12.1 Å². The van der Waals surface area contributed by atoms with E-state index < -0.39 is 17.8 Å². The van der Waals surface area contributed by atoms with E-state index in [4.69, 9.17) is 11.6 Å². The number of halogens is 4. The zero-order valence-electron chi connectivity index (χ0n) is 14.0. The van der Waals surface area contributed by atoms with Crippen molar-refractivity contribution in [1.29, 1.82) is 0 Å². The third-order valence-corrected chi connectivity index (χ3v) is 3.79. The Bertz CT molecular complexity index is 731. The lowest BCUT2D eigenvalue weighted by atomic mass is 10.1. The zero-order valence-corrected chi connectivity index (χ0v) is 14.8. The van der Waals surface area contributed by atoms with Gasteiger partial charge in [0.25, 0.3) is 0 Å². The van der Waals surface area contributed by atoms with Crippen LogP contribution in [0, 0.1) is 0 Å². The molecule has 0 spiro atoms. The van der Waals surface area contributed by atoms with Crippen molar-refractivity contribution >= 4 is 17.4 Å². The average Bonchev–Trinajstić information content (AvgIpc) is 2.53. The molecule has 0 radical (unpaired) electrons. The van der Waals surface area contributed by atoms with Crippen LogP contribution in [0.5, 0.6) is 0 Å². The molecule has 4 nitrogen and oxygen atoms in total. The van der Waals surface area contributed by atoms with Crippen LogP contribution in [0.3, 0.4) is 0 Å². The molecule has 0 amide bonds. The van der Waals surface area contributed by atoms with Gasteiger partial charge in [0.1, 0.15) is 16.7 Å². The second-order valence-electron chi connectivity index (χ2n) is 6.05. The van der Waals surface area contributed by atoms with Crippen molar-refractivity contribution in [3.8, 4) is 11.3 Å². The number of aliphatic hydroxyl groups is 1. The number of benzene rings is 1. The van der Waals surface area contributed by atoms with Crippen molar-refractivity contribution in [2.75, 3.05) is 11.9 Å². The fourth-order valence-electron chi connectivity index (χ4n) is 2.09. The maximum Gasteiger partial charge on any atom is 0.416 e. The lowest BCUT2D eigenvalue weighted by Gasteiger charge is -2.15. The van der Waals surface area contributed by atoms with E-state index in [9.17, 15) is 18.3 Å². The van der Waals surface area contributed by atoms with Crippen LogP contribution in [0.25, 0.3) is 11.3 Å². The predicted molar refractivity (Wildman–Crippen MR) is 91.7 cm³/mol. The predicted octanol–water partition coefficient (Wildman–Crippen LogP) is 4.73. The van der Waals surface area contributed by atoms with Crippen LogP contribution in [0.4, 0.5) is 19.0 Å². The maximum atomic E-state index is 12.7. The Balaban J connectivity index is 2.48. The summed E-state index contributed by atoms with van der Waals surface area (Å²) in [7, 11) is 0. The van der Waals surface area contributed by atoms with Gasteiger partial charge in [-0.05, 0) is 19.1 Å². The number of alkyl halides is 3. The molecule has 0 aliphatic heterocycles. The van der Waals surface area contributed by atoms with Crippen molar-refractivity contribution in [3.05, 3.63) is 40.7 Å². The topological polar surface area (TPSA) is 58.0 Å². The Morgan fingerprint density at radius 2 is 1.72 bits per heavy atom. The number of aromatic nitrogens is 2.